The van der Waals surface area contributed by atoms with Crippen LogP contribution in [0.25, 0.3) is 0 Å². The summed E-state index contributed by atoms with van der Waals surface area (Å²) in [6.07, 6.45) is -4.38. The molecule has 2 aromatic rings. The average molecular weight is 340 g/mol. The maximum Gasteiger partial charge on any atom is 0.422 e. The Kier molecular flexibility index (Phi) is 5.28. The minimum Gasteiger partial charge on any atom is -0.484 e. The molecular formula is C16H15F3N2O3. The van der Waals surface area contributed by atoms with E-state index in [1.165, 1.54) is 18.2 Å². The Balaban J connectivity index is 2.01. The van der Waals surface area contributed by atoms with E-state index in [2.05, 4.69) is 15.0 Å². The Bertz CT molecular complexity index is 702. The lowest BCUT2D eigenvalue weighted by molar-refractivity contribution is -0.153. The molecule has 5 nitrogen and oxygen atoms in total. The van der Waals surface area contributed by atoms with Crippen LogP contribution in [0.1, 0.15) is 29.0 Å². The van der Waals surface area contributed by atoms with Crippen molar-refractivity contribution in [3.8, 4) is 5.75 Å². The molecule has 24 heavy (non-hydrogen) atoms. The van der Waals surface area contributed by atoms with Crippen molar-refractivity contribution in [2.24, 2.45) is 0 Å². The summed E-state index contributed by atoms with van der Waals surface area (Å²) in [5.74, 6) is -0.619. The van der Waals surface area contributed by atoms with Crippen LogP contribution in [0, 0.1) is 0 Å². The van der Waals surface area contributed by atoms with E-state index >= 15 is 0 Å². The average Bonchev–Trinajstić information content (AvgIpc) is 2.53. The van der Waals surface area contributed by atoms with Gasteiger partial charge in [-0.15, -0.1) is 0 Å². The molecule has 2 rings (SSSR count). The predicted octanol–water partition coefficient (Wildman–Crippen LogP) is 3.89. The van der Waals surface area contributed by atoms with Crippen molar-refractivity contribution in [3.05, 3.63) is 53.7 Å². The number of carbonyl (C=O) groups is 1. The predicted molar refractivity (Wildman–Crippen MR) is 81.2 cm³/mol. The number of ether oxygens (including phenoxy) is 1. The number of carboxylic acids is 1. The van der Waals surface area contributed by atoms with Gasteiger partial charge in [-0.3, -0.25) is 0 Å². The summed E-state index contributed by atoms with van der Waals surface area (Å²) in [4.78, 5) is 14.8. The van der Waals surface area contributed by atoms with Crippen molar-refractivity contribution < 1.29 is 27.8 Å². The Morgan fingerprint density at radius 2 is 1.92 bits per heavy atom. The number of pyridine rings is 1. The molecule has 1 aromatic carbocycles. The minimum absolute atomic E-state index is 0.0805. The van der Waals surface area contributed by atoms with Gasteiger partial charge in [0.25, 0.3) is 0 Å². The number of nitrogens with zero attached hydrogens (tertiary/aromatic N) is 1. The number of anilines is 1. The molecule has 0 aliphatic carbocycles. The molecule has 1 heterocycles. The van der Waals surface area contributed by atoms with Gasteiger partial charge in [0.2, 0.25) is 0 Å². The summed E-state index contributed by atoms with van der Waals surface area (Å²) in [5.41, 5.74) is 0.708. The van der Waals surface area contributed by atoms with Crippen LogP contribution in [0.4, 0.5) is 19.0 Å². The van der Waals surface area contributed by atoms with Gasteiger partial charge in [0.15, 0.2) is 12.3 Å². The van der Waals surface area contributed by atoms with Crippen molar-refractivity contribution in [1.29, 1.82) is 0 Å². The van der Waals surface area contributed by atoms with Crippen LogP contribution in [-0.4, -0.2) is 28.8 Å². The standard InChI is InChI=1S/C16H15F3N2O3/c1-10(20-14-4-2-3-13(21-14)15(22)23)11-5-7-12(8-6-11)24-9-16(17,18)19/h2-8,10H,9H2,1H3,(H,20,21)(H,22,23). The van der Waals surface area contributed by atoms with E-state index in [1.54, 1.807) is 24.3 Å². The number of hydrogen-bond acceptors (Lipinski definition) is 4. The van der Waals surface area contributed by atoms with Gasteiger partial charge in [-0.1, -0.05) is 18.2 Å². The van der Waals surface area contributed by atoms with Crippen LogP contribution in [0.2, 0.25) is 0 Å². The van der Waals surface area contributed by atoms with Gasteiger partial charge >= 0.3 is 12.1 Å². The second-order valence-electron chi connectivity index (χ2n) is 5.05. The number of aromatic nitrogens is 1. The van der Waals surface area contributed by atoms with Crippen LogP contribution in [0.15, 0.2) is 42.5 Å². The van der Waals surface area contributed by atoms with Gasteiger partial charge in [0, 0.05) is 6.04 Å². The van der Waals surface area contributed by atoms with Gasteiger partial charge in [-0.2, -0.15) is 13.2 Å². The second kappa shape index (κ2) is 7.20. The molecule has 0 amide bonds. The zero-order chi connectivity index (χ0) is 17.7. The number of rotatable bonds is 6. The second-order valence-corrected chi connectivity index (χ2v) is 5.05. The maximum absolute atomic E-state index is 12.1. The van der Waals surface area contributed by atoms with Crippen molar-refractivity contribution in [2.75, 3.05) is 11.9 Å². The summed E-state index contributed by atoms with van der Waals surface area (Å²) in [7, 11) is 0. The third-order valence-electron chi connectivity index (χ3n) is 3.12. The van der Waals surface area contributed by atoms with Crippen LogP contribution in [0.3, 0.4) is 0 Å². The molecule has 1 aromatic heterocycles. The van der Waals surface area contributed by atoms with Crippen molar-refractivity contribution in [1.82, 2.24) is 4.98 Å². The molecule has 0 aliphatic heterocycles. The molecule has 1 atom stereocenters. The van der Waals surface area contributed by atoms with Gasteiger partial charge in [-0.25, -0.2) is 9.78 Å². The summed E-state index contributed by atoms with van der Waals surface area (Å²) in [6.45, 7) is 0.479. The number of carboxylic acid groups (broad SMARTS) is 1. The number of nitrogens with one attached hydrogen (secondary N) is 1. The molecule has 0 fully saturated rings. The van der Waals surface area contributed by atoms with E-state index in [-0.39, 0.29) is 17.5 Å². The molecule has 0 spiro atoms. The Hall–Kier alpha value is -2.77. The Morgan fingerprint density at radius 3 is 2.50 bits per heavy atom. The highest BCUT2D eigenvalue weighted by Gasteiger charge is 2.28. The third-order valence-corrected chi connectivity index (χ3v) is 3.12. The molecule has 0 radical (unpaired) electrons. The van der Waals surface area contributed by atoms with E-state index in [4.69, 9.17) is 5.11 Å². The highest BCUT2D eigenvalue weighted by atomic mass is 19.4. The molecule has 2 N–H and O–H groups in total. The van der Waals surface area contributed by atoms with Gasteiger partial charge in [-0.05, 0) is 36.8 Å². The molecule has 0 aliphatic rings. The monoisotopic (exact) mass is 340 g/mol. The fraction of sp³-hybridized carbons (Fsp3) is 0.250. The summed E-state index contributed by atoms with van der Waals surface area (Å²) in [6, 6.07) is 10.5. The molecule has 8 heteroatoms. The lowest BCUT2D eigenvalue weighted by Crippen LogP contribution is -2.19. The zero-order valence-electron chi connectivity index (χ0n) is 12.7. The fourth-order valence-electron chi connectivity index (χ4n) is 1.96. The molecule has 0 saturated carbocycles. The first-order valence-electron chi connectivity index (χ1n) is 7.01. The number of aromatic carboxylic acids is 1. The van der Waals surface area contributed by atoms with Gasteiger partial charge in [0.05, 0.1) is 0 Å². The first-order valence-corrected chi connectivity index (χ1v) is 7.01. The normalized spacial score (nSPS) is 12.5. The van der Waals surface area contributed by atoms with Gasteiger partial charge < -0.3 is 15.2 Å². The van der Waals surface area contributed by atoms with E-state index in [0.29, 0.717) is 5.82 Å². The molecular weight excluding hydrogens is 325 g/mol. The lowest BCUT2D eigenvalue weighted by atomic mass is 10.1. The zero-order valence-corrected chi connectivity index (χ0v) is 12.7. The fourth-order valence-corrected chi connectivity index (χ4v) is 1.96. The van der Waals surface area contributed by atoms with Crippen molar-refractivity contribution in [3.63, 3.8) is 0 Å². The van der Waals surface area contributed by atoms with E-state index in [0.717, 1.165) is 5.56 Å². The topological polar surface area (TPSA) is 71.5 Å². The van der Waals surface area contributed by atoms with Crippen LogP contribution < -0.4 is 10.1 Å². The molecule has 0 bridgehead atoms. The molecule has 128 valence electrons. The Morgan fingerprint density at radius 1 is 1.25 bits per heavy atom. The quantitative estimate of drug-likeness (QED) is 0.835. The summed E-state index contributed by atoms with van der Waals surface area (Å²) in [5, 5.41) is 11.9. The smallest absolute Gasteiger partial charge is 0.422 e. The van der Waals surface area contributed by atoms with Gasteiger partial charge in [0.1, 0.15) is 11.6 Å². The van der Waals surface area contributed by atoms with Crippen LogP contribution >= 0.6 is 0 Å². The van der Waals surface area contributed by atoms with E-state index in [1.807, 2.05) is 6.92 Å². The minimum atomic E-state index is -4.38. The third kappa shape index (κ3) is 5.15. The first-order chi connectivity index (χ1) is 11.2. The number of halogens is 3. The highest BCUT2D eigenvalue weighted by molar-refractivity contribution is 5.85. The number of hydrogen-bond donors (Lipinski definition) is 2. The largest absolute Gasteiger partial charge is 0.484 e. The number of alkyl halides is 3. The lowest BCUT2D eigenvalue weighted by Gasteiger charge is -2.16. The molecule has 0 saturated heterocycles. The summed E-state index contributed by atoms with van der Waals surface area (Å²) < 4.78 is 40.9. The Labute approximate surface area is 136 Å². The van der Waals surface area contributed by atoms with Crippen LogP contribution in [0.5, 0.6) is 5.75 Å². The van der Waals surface area contributed by atoms with Crippen molar-refractivity contribution >= 4 is 11.8 Å². The van der Waals surface area contributed by atoms with E-state index in [9.17, 15) is 18.0 Å². The number of benzene rings is 1. The summed E-state index contributed by atoms with van der Waals surface area (Å²) >= 11 is 0. The van der Waals surface area contributed by atoms with Crippen LogP contribution in [-0.2, 0) is 0 Å². The van der Waals surface area contributed by atoms with E-state index < -0.39 is 18.8 Å². The van der Waals surface area contributed by atoms with Crippen molar-refractivity contribution in [2.45, 2.75) is 19.1 Å². The highest BCUT2D eigenvalue weighted by Crippen LogP contribution is 2.23. The first kappa shape index (κ1) is 17.6. The SMILES string of the molecule is CC(Nc1cccc(C(=O)O)n1)c1ccc(OCC(F)(F)F)cc1. The maximum atomic E-state index is 12.1. The molecule has 1 unspecified atom stereocenters.